The third-order valence-electron chi connectivity index (χ3n) is 4.24. The van der Waals surface area contributed by atoms with E-state index in [1.54, 1.807) is 11.0 Å². The van der Waals surface area contributed by atoms with Crippen LogP contribution in [0.4, 0.5) is 4.79 Å². The summed E-state index contributed by atoms with van der Waals surface area (Å²) in [5.74, 6) is 0. The Balaban J connectivity index is 1.71. The molecule has 0 saturated carbocycles. The molecule has 5 heteroatoms. The van der Waals surface area contributed by atoms with Gasteiger partial charge in [-0.05, 0) is 5.56 Å². The molecule has 1 aromatic rings. The summed E-state index contributed by atoms with van der Waals surface area (Å²) in [5, 5.41) is 0. The molecule has 2 fully saturated rings. The number of carbonyl (C=O) groups excluding carboxylic acids is 1. The monoisotopic (exact) mass is 303 g/mol. The molecule has 0 radical (unpaired) electrons. The molecule has 5 nitrogen and oxygen atoms in total. The fraction of sp³-hybridized carbons (Fsp3) is 0.471. The van der Waals surface area contributed by atoms with Gasteiger partial charge in [-0.3, -0.25) is 4.90 Å². The van der Waals surface area contributed by atoms with Gasteiger partial charge in [-0.1, -0.05) is 36.4 Å². The molecule has 0 aliphatic carbocycles. The number of hydrogen-bond donors (Lipinski definition) is 0. The Hall–Kier alpha value is -1.85. The van der Waals surface area contributed by atoms with Gasteiger partial charge < -0.3 is 14.2 Å². The molecule has 22 heavy (non-hydrogen) atoms. The van der Waals surface area contributed by atoms with Gasteiger partial charge in [0.25, 0.3) is 0 Å². The van der Waals surface area contributed by atoms with Crippen LogP contribution in [0.1, 0.15) is 18.4 Å². The third-order valence-corrected chi connectivity index (χ3v) is 4.24. The molecule has 2 aliphatic heterocycles. The average molecular weight is 303 g/mol. The molecule has 0 N–H and O–H groups in total. The van der Waals surface area contributed by atoms with Crippen LogP contribution in [0.15, 0.2) is 43.0 Å². The molecule has 2 aliphatic rings. The second kappa shape index (κ2) is 6.50. The Morgan fingerprint density at radius 1 is 1.36 bits per heavy atom. The summed E-state index contributed by atoms with van der Waals surface area (Å²) in [4.78, 5) is 14.3. The fourth-order valence-corrected chi connectivity index (χ4v) is 3.03. The molecule has 1 atom stereocenters. The van der Waals surface area contributed by atoms with Crippen molar-refractivity contribution in [3.05, 3.63) is 48.6 Å². The molecule has 0 aromatic heterocycles. The first-order chi connectivity index (χ1) is 10.7. The van der Waals surface area contributed by atoms with Crippen molar-refractivity contribution in [2.45, 2.75) is 31.2 Å². The van der Waals surface area contributed by atoms with Crippen LogP contribution in [0.3, 0.4) is 0 Å². The zero-order chi connectivity index (χ0) is 15.4. The van der Waals surface area contributed by atoms with Crippen molar-refractivity contribution in [2.75, 3.05) is 19.8 Å². The molecule has 2 heterocycles. The Labute approximate surface area is 130 Å². The maximum Gasteiger partial charge on any atom is 0.412 e. The second-order valence-corrected chi connectivity index (χ2v) is 5.58. The van der Waals surface area contributed by atoms with Crippen LogP contribution < -0.4 is 0 Å². The van der Waals surface area contributed by atoms with Gasteiger partial charge >= 0.3 is 6.09 Å². The first-order valence-corrected chi connectivity index (χ1v) is 7.59. The highest BCUT2D eigenvalue weighted by Gasteiger charge is 2.50. The Morgan fingerprint density at radius 2 is 2.09 bits per heavy atom. The number of hydrogen-bond acceptors (Lipinski definition) is 4. The lowest BCUT2D eigenvalue weighted by molar-refractivity contribution is -0.136. The third kappa shape index (κ3) is 2.87. The molecule has 3 rings (SSSR count). The summed E-state index contributed by atoms with van der Waals surface area (Å²) in [5.41, 5.74) is 0.359. The van der Waals surface area contributed by atoms with Gasteiger partial charge in [-0.25, -0.2) is 4.79 Å². The minimum absolute atomic E-state index is 0.152. The van der Waals surface area contributed by atoms with Gasteiger partial charge in [0, 0.05) is 12.8 Å². The maximum absolute atomic E-state index is 12.6. The summed E-state index contributed by atoms with van der Waals surface area (Å²) >= 11 is 0. The number of carbonyl (C=O) groups is 1. The Kier molecular flexibility index (Phi) is 4.45. The highest BCUT2D eigenvalue weighted by atomic mass is 16.6. The number of nitrogens with zero attached hydrogens (tertiary/aromatic N) is 1. The normalized spacial score (nSPS) is 23.5. The van der Waals surface area contributed by atoms with Crippen molar-refractivity contribution in [3.63, 3.8) is 0 Å². The van der Waals surface area contributed by atoms with E-state index in [1.807, 2.05) is 30.3 Å². The molecular weight excluding hydrogens is 282 g/mol. The summed E-state index contributed by atoms with van der Waals surface area (Å²) < 4.78 is 16.8. The Morgan fingerprint density at radius 3 is 2.77 bits per heavy atom. The van der Waals surface area contributed by atoms with E-state index in [0.717, 1.165) is 5.56 Å². The quantitative estimate of drug-likeness (QED) is 0.806. The highest BCUT2D eigenvalue weighted by molar-refractivity contribution is 5.70. The van der Waals surface area contributed by atoms with Gasteiger partial charge in [0.2, 0.25) is 0 Å². The van der Waals surface area contributed by atoms with Crippen LogP contribution in [-0.4, -0.2) is 42.6 Å². The topological polar surface area (TPSA) is 48.0 Å². The van der Waals surface area contributed by atoms with E-state index in [1.165, 1.54) is 0 Å². The zero-order valence-electron chi connectivity index (χ0n) is 12.6. The maximum atomic E-state index is 12.6. The summed E-state index contributed by atoms with van der Waals surface area (Å²) in [7, 11) is 0. The number of ether oxygens (including phenoxy) is 3. The van der Waals surface area contributed by atoms with Gasteiger partial charge in [-0.2, -0.15) is 0 Å². The lowest BCUT2D eigenvalue weighted by Gasteiger charge is -2.40. The van der Waals surface area contributed by atoms with Gasteiger partial charge in [0.05, 0.1) is 25.9 Å². The number of amides is 1. The summed E-state index contributed by atoms with van der Waals surface area (Å²) in [6.07, 6.45) is 2.72. The van der Waals surface area contributed by atoms with Crippen LogP contribution in [0.25, 0.3) is 0 Å². The van der Waals surface area contributed by atoms with Gasteiger partial charge in [0.15, 0.2) is 5.72 Å². The zero-order valence-corrected chi connectivity index (χ0v) is 12.6. The first kappa shape index (κ1) is 15.1. The summed E-state index contributed by atoms with van der Waals surface area (Å²) in [6.45, 7) is 5.71. The lowest BCUT2D eigenvalue weighted by atomic mass is 10.0. The molecule has 118 valence electrons. The first-order valence-electron chi connectivity index (χ1n) is 7.59. The predicted octanol–water partition coefficient (Wildman–Crippen LogP) is 2.72. The van der Waals surface area contributed by atoms with Crippen LogP contribution >= 0.6 is 0 Å². The van der Waals surface area contributed by atoms with E-state index in [0.29, 0.717) is 32.7 Å². The molecule has 0 unspecified atom stereocenters. The van der Waals surface area contributed by atoms with Crippen LogP contribution in [0.5, 0.6) is 0 Å². The number of rotatable bonds is 3. The fourth-order valence-electron chi connectivity index (χ4n) is 3.03. The highest BCUT2D eigenvalue weighted by Crippen LogP contribution is 2.37. The van der Waals surface area contributed by atoms with E-state index in [-0.39, 0.29) is 18.7 Å². The molecule has 2 saturated heterocycles. The number of benzene rings is 1. The standard InChI is InChI=1S/C17H21NO4/c1-2-15-13-22-17(8-10-20-11-9-17)18(15)16(19)21-12-14-6-4-3-5-7-14/h2-7,15H,1,8-13H2/t15-/m0/s1. The predicted molar refractivity (Wildman–Crippen MR) is 81.2 cm³/mol. The summed E-state index contributed by atoms with van der Waals surface area (Å²) in [6, 6.07) is 9.50. The van der Waals surface area contributed by atoms with E-state index < -0.39 is 5.72 Å². The molecular formula is C17H21NO4. The molecule has 1 amide bonds. The largest absolute Gasteiger partial charge is 0.444 e. The Bertz CT molecular complexity index is 525. The average Bonchev–Trinajstić information content (AvgIpc) is 2.92. The van der Waals surface area contributed by atoms with E-state index in [9.17, 15) is 4.79 Å². The van der Waals surface area contributed by atoms with Crippen molar-refractivity contribution in [1.82, 2.24) is 4.90 Å². The van der Waals surface area contributed by atoms with Crippen molar-refractivity contribution >= 4 is 6.09 Å². The van der Waals surface area contributed by atoms with Crippen molar-refractivity contribution in [2.24, 2.45) is 0 Å². The molecule has 1 aromatic carbocycles. The van der Waals surface area contributed by atoms with Crippen molar-refractivity contribution in [1.29, 1.82) is 0 Å². The molecule has 1 spiro atoms. The SMILES string of the molecule is C=C[C@H]1COC2(CCOCC2)N1C(=O)OCc1ccccc1. The van der Waals surface area contributed by atoms with Gasteiger partial charge in [-0.15, -0.1) is 6.58 Å². The van der Waals surface area contributed by atoms with E-state index in [4.69, 9.17) is 14.2 Å². The lowest BCUT2D eigenvalue weighted by Crippen LogP contribution is -2.54. The second-order valence-electron chi connectivity index (χ2n) is 5.58. The van der Waals surface area contributed by atoms with Crippen LogP contribution in [-0.2, 0) is 20.8 Å². The van der Waals surface area contributed by atoms with Crippen LogP contribution in [0.2, 0.25) is 0 Å². The van der Waals surface area contributed by atoms with E-state index >= 15 is 0 Å². The van der Waals surface area contributed by atoms with Crippen molar-refractivity contribution in [3.8, 4) is 0 Å². The van der Waals surface area contributed by atoms with Crippen molar-refractivity contribution < 1.29 is 19.0 Å². The van der Waals surface area contributed by atoms with Gasteiger partial charge in [0.1, 0.15) is 6.61 Å². The molecule has 0 bridgehead atoms. The minimum Gasteiger partial charge on any atom is -0.444 e. The minimum atomic E-state index is -0.606. The van der Waals surface area contributed by atoms with Crippen LogP contribution in [0, 0.1) is 0 Å². The smallest absolute Gasteiger partial charge is 0.412 e. The van der Waals surface area contributed by atoms with E-state index in [2.05, 4.69) is 6.58 Å².